The van der Waals surface area contributed by atoms with Crippen LogP contribution in [-0.4, -0.2) is 18.0 Å². The van der Waals surface area contributed by atoms with Crippen molar-refractivity contribution in [2.75, 3.05) is 12.4 Å². The number of aromatic nitrogens is 1. The Morgan fingerprint density at radius 3 is 2.68 bits per heavy atom. The van der Waals surface area contributed by atoms with Crippen LogP contribution < -0.4 is 20.3 Å². The van der Waals surface area contributed by atoms with Crippen LogP contribution in [-0.2, 0) is 6.67 Å². The maximum Gasteiger partial charge on any atom is 0.259 e. The topological polar surface area (TPSA) is 80.4 Å². The van der Waals surface area contributed by atoms with Crippen LogP contribution in [0.15, 0.2) is 59.5 Å². The molecule has 0 aliphatic rings. The van der Waals surface area contributed by atoms with Crippen molar-refractivity contribution in [3.63, 3.8) is 0 Å². The molecule has 2 aromatic carbocycles. The van der Waals surface area contributed by atoms with Gasteiger partial charge in [-0.25, -0.2) is 8.78 Å². The fraction of sp³-hybridized carbons (Fsp3) is 0.100. The van der Waals surface area contributed by atoms with Crippen molar-refractivity contribution in [2.45, 2.75) is 6.67 Å². The van der Waals surface area contributed by atoms with Gasteiger partial charge in [0.2, 0.25) is 5.56 Å². The van der Waals surface area contributed by atoms with Crippen LogP contribution in [0.2, 0.25) is 0 Å². The molecule has 0 radical (unpaired) electrons. The minimum absolute atomic E-state index is 0.0155. The summed E-state index contributed by atoms with van der Waals surface area (Å²) in [5, 5.41) is 2.55. The number of hydrogen-bond donors (Lipinski definition) is 2. The van der Waals surface area contributed by atoms with Gasteiger partial charge < -0.3 is 19.8 Å². The number of anilines is 1. The van der Waals surface area contributed by atoms with Crippen molar-refractivity contribution >= 4 is 11.6 Å². The van der Waals surface area contributed by atoms with Gasteiger partial charge in [0, 0.05) is 18.0 Å². The third kappa shape index (κ3) is 4.17. The first-order valence-corrected chi connectivity index (χ1v) is 8.21. The Labute approximate surface area is 158 Å². The number of hydrogen-bond acceptors (Lipinski definition) is 4. The average molecular weight is 386 g/mol. The number of benzene rings is 2. The van der Waals surface area contributed by atoms with Crippen LogP contribution in [0.3, 0.4) is 0 Å². The van der Waals surface area contributed by atoms with Gasteiger partial charge in [-0.3, -0.25) is 9.59 Å². The van der Waals surface area contributed by atoms with E-state index in [0.717, 1.165) is 0 Å². The normalized spacial score (nSPS) is 10.4. The minimum atomic E-state index is -0.783. The highest BCUT2D eigenvalue weighted by Crippen LogP contribution is 2.35. The second-order valence-electron chi connectivity index (χ2n) is 5.73. The summed E-state index contributed by atoms with van der Waals surface area (Å²) in [6, 6.07) is 11.0. The minimum Gasteiger partial charge on any atom is -0.490 e. The summed E-state index contributed by atoms with van der Waals surface area (Å²) in [5.74, 6) is -1.25. The van der Waals surface area contributed by atoms with E-state index in [-0.39, 0.29) is 34.1 Å². The Kier molecular flexibility index (Phi) is 5.69. The van der Waals surface area contributed by atoms with Crippen molar-refractivity contribution in [1.29, 1.82) is 0 Å². The molecule has 3 aromatic rings. The quantitative estimate of drug-likeness (QED) is 0.670. The molecule has 3 rings (SSSR count). The molecule has 2 N–H and O–H groups in total. The van der Waals surface area contributed by atoms with Gasteiger partial charge in [-0.1, -0.05) is 12.1 Å². The molecule has 0 aliphatic carbocycles. The number of carbonyl (C=O) groups excluding carboxylic acids is 1. The molecule has 0 fully saturated rings. The standard InChI is InChI=1S/C20H16F2N2O4/c1-27-19-15(22)3-2-4-17(19)28-16-6-5-12(11-21)9-14(16)20(26)24-13-7-8-23-18(25)10-13/h2-10H,11H2,1H3,(H2,23,24,25,26). The molecular weight excluding hydrogens is 370 g/mol. The second-order valence-corrected chi connectivity index (χ2v) is 5.73. The number of pyridine rings is 1. The summed E-state index contributed by atoms with van der Waals surface area (Å²) in [5.41, 5.74) is 0.140. The SMILES string of the molecule is COc1c(F)cccc1Oc1ccc(CF)cc1C(=O)Nc1cc[nH]c(=O)c1. The zero-order valence-corrected chi connectivity index (χ0v) is 14.8. The molecule has 28 heavy (non-hydrogen) atoms. The molecule has 1 amide bonds. The van der Waals surface area contributed by atoms with Crippen LogP contribution in [0, 0.1) is 5.82 Å². The van der Waals surface area contributed by atoms with Gasteiger partial charge in [-0.05, 0) is 35.9 Å². The molecule has 6 nitrogen and oxygen atoms in total. The van der Waals surface area contributed by atoms with Crippen molar-refractivity contribution in [3.05, 3.63) is 82.0 Å². The summed E-state index contributed by atoms with van der Waals surface area (Å²) in [6.45, 7) is -0.783. The highest BCUT2D eigenvalue weighted by Gasteiger charge is 2.18. The van der Waals surface area contributed by atoms with E-state index in [4.69, 9.17) is 9.47 Å². The lowest BCUT2D eigenvalue weighted by atomic mass is 10.1. The molecule has 1 aromatic heterocycles. The van der Waals surface area contributed by atoms with E-state index in [0.29, 0.717) is 0 Å². The number of aromatic amines is 1. The Morgan fingerprint density at radius 1 is 1.14 bits per heavy atom. The van der Waals surface area contributed by atoms with Gasteiger partial charge in [-0.15, -0.1) is 0 Å². The van der Waals surface area contributed by atoms with E-state index in [1.165, 1.54) is 61.8 Å². The van der Waals surface area contributed by atoms with Crippen LogP contribution in [0.1, 0.15) is 15.9 Å². The molecule has 8 heteroatoms. The highest BCUT2D eigenvalue weighted by atomic mass is 19.1. The highest BCUT2D eigenvalue weighted by molar-refractivity contribution is 6.06. The third-order valence-corrected chi connectivity index (χ3v) is 3.83. The fourth-order valence-corrected chi connectivity index (χ4v) is 2.53. The van der Waals surface area contributed by atoms with Gasteiger partial charge in [-0.2, -0.15) is 0 Å². The number of nitrogens with one attached hydrogen (secondary N) is 2. The van der Waals surface area contributed by atoms with Crippen molar-refractivity contribution in [3.8, 4) is 17.2 Å². The first-order chi connectivity index (χ1) is 13.5. The summed E-state index contributed by atoms with van der Waals surface area (Å²) in [6.07, 6.45) is 1.38. The lowest BCUT2D eigenvalue weighted by molar-refractivity contribution is 0.102. The molecule has 0 saturated carbocycles. The number of methoxy groups -OCH3 is 1. The first kappa shape index (κ1) is 19.1. The third-order valence-electron chi connectivity index (χ3n) is 3.83. The zero-order valence-electron chi connectivity index (χ0n) is 14.8. The maximum absolute atomic E-state index is 13.9. The molecule has 1 heterocycles. The smallest absolute Gasteiger partial charge is 0.259 e. The lowest BCUT2D eigenvalue weighted by Crippen LogP contribution is -2.15. The Morgan fingerprint density at radius 2 is 1.96 bits per heavy atom. The van der Waals surface area contributed by atoms with Gasteiger partial charge in [0.25, 0.3) is 5.91 Å². The van der Waals surface area contributed by atoms with Crippen molar-refractivity contribution in [2.24, 2.45) is 0 Å². The molecule has 144 valence electrons. The van der Waals surface area contributed by atoms with Crippen LogP contribution in [0.4, 0.5) is 14.5 Å². The van der Waals surface area contributed by atoms with E-state index in [2.05, 4.69) is 10.3 Å². The second kappa shape index (κ2) is 8.34. The van der Waals surface area contributed by atoms with Crippen LogP contribution in [0.25, 0.3) is 0 Å². The van der Waals surface area contributed by atoms with E-state index < -0.39 is 24.0 Å². The molecule has 0 atom stereocenters. The Hall–Kier alpha value is -3.68. The van der Waals surface area contributed by atoms with Crippen molar-refractivity contribution in [1.82, 2.24) is 4.98 Å². The largest absolute Gasteiger partial charge is 0.490 e. The Bertz CT molecular complexity index is 1070. The number of amides is 1. The monoisotopic (exact) mass is 386 g/mol. The van der Waals surface area contributed by atoms with E-state index >= 15 is 0 Å². The van der Waals surface area contributed by atoms with Gasteiger partial charge in [0.1, 0.15) is 12.4 Å². The van der Waals surface area contributed by atoms with E-state index in [1.54, 1.807) is 0 Å². The van der Waals surface area contributed by atoms with E-state index in [1.807, 2.05) is 0 Å². The molecule has 0 unspecified atom stereocenters. The Balaban J connectivity index is 1.97. The van der Waals surface area contributed by atoms with Crippen molar-refractivity contribution < 1.29 is 23.0 Å². The van der Waals surface area contributed by atoms with Gasteiger partial charge in [0.15, 0.2) is 17.3 Å². The van der Waals surface area contributed by atoms with Gasteiger partial charge in [0.05, 0.1) is 12.7 Å². The predicted molar refractivity (Wildman–Crippen MR) is 99.3 cm³/mol. The average Bonchev–Trinajstić information content (AvgIpc) is 2.68. The van der Waals surface area contributed by atoms with Crippen LogP contribution >= 0.6 is 0 Å². The molecule has 0 saturated heterocycles. The zero-order chi connectivity index (χ0) is 20.1. The molecule has 0 aliphatic heterocycles. The number of para-hydroxylation sites is 1. The fourth-order valence-electron chi connectivity index (χ4n) is 2.53. The molecule has 0 spiro atoms. The number of rotatable bonds is 6. The lowest BCUT2D eigenvalue weighted by Gasteiger charge is -2.15. The predicted octanol–water partition coefficient (Wildman–Crippen LogP) is 4.04. The van der Waals surface area contributed by atoms with E-state index in [9.17, 15) is 18.4 Å². The first-order valence-electron chi connectivity index (χ1n) is 8.21. The summed E-state index contributed by atoms with van der Waals surface area (Å²) < 4.78 is 37.7. The van der Waals surface area contributed by atoms with Crippen LogP contribution in [0.5, 0.6) is 17.2 Å². The number of H-pyrrole nitrogens is 1. The summed E-state index contributed by atoms with van der Waals surface area (Å²) >= 11 is 0. The summed E-state index contributed by atoms with van der Waals surface area (Å²) in [4.78, 5) is 26.5. The number of ether oxygens (including phenoxy) is 2. The maximum atomic E-state index is 13.9. The number of alkyl halides is 1. The number of carbonyl (C=O) groups is 1. The van der Waals surface area contributed by atoms with Gasteiger partial charge >= 0.3 is 0 Å². The number of halogens is 2. The molecule has 0 bridgehead atoms. The summed E-state index contributed by atoms with van der Waals surface area (Å²) in [7, 11) is 1.29. The molecular formula is C20H16F2N2O4.